The molecule has 4 heterocycles. The van der Waals surface area contributed by atoms with Crippen LogP contribution in [0, 0.1) is 12.7 Å². The van der Waals surface area contributed by atoms with Crippen molar-refractivity contribution in [3.8, 4) is 33.7 Å². The van der Waals surface area contributed by atoms with Crippen molar-refractivity contribution in [1.82, 2.24) is 19.0 Å². The number of halogens is 2. The van der Waals surface area contributed by atoms with Crippen molar-refractivity contribution in [3.63, 3.8) is 0 Å². The van der Waals surface area contributed by atoms with Gasteiger partial charge < -0.3 is 24.5 Å². The van der Waals surface area contributed by atoms with E-state index in [-0.39, 0.29) is 38.7 Å². The third-order valence-corrected chi connectivity index (χ3v) is 8.74. The topological polar surface area (TPSA) is 84.4 Å². The molecule has 2 saturated heterocycles. The highest BCUT2D eigenvalue weighted by Gasteiger charge is 2.41. The Labute approximate surface area is 235 Å². The second-order valence-corrected chi connectivity index (χ2v) is 11.4. The molecule has 6 rings (SSSR count). The summed E-state index contributed by atoms with van der Waals surface area (Å²) in [7, 11) is 3.32. The Morgan fingerprint density at radius 2 is 1.80 bits per heavy atom. The maximum Gasteiger partial charge on any atom is 0.332 e. The first-order valence-electron chi connectivity index (χ1n) is 13.4. The van der Waals surface area contributed by atoms with Crippen LogP contribution in [0.5, 0.6) is 5.75 Å². The lowest BCUT2D eigenvalue weighted by atomic mass is 9.94. The fourth-order valence-corrected chi connectivity index (χ4v) is 6.54. The van der Waals surface area contributed by atoms with Crippen LogP contribution in [-0.2, 0) is 14.1 Å². The first-order valence-corrected chi connectivity index (χ1v) is 13.7. The van der Waals surface area contributed by atoms with Crippen molar-refractivity contribution in [2.75, 3.05) is 24.5 Å². The quantitative estimate of drug-likeness (QED) is 0.386. The van der Waals surface area contributed by atoms with Crippen molar-refractivity contribution < 1.29 is 9.50 Å². The molecule has 2 aromatic heterocycles. The molecular formula is C30H31ClFN5O3. The number of imidazole rings is 1. The second-order valence-electron chi connectivity index (χ2n) is 11.0. The van der Waals surface area contributed by atoms with Gasteiger partial charge in [0.1, 0.15) is 17.3 Å². The molecular weight excluding hydrogens is 533 g/mol. The van der Waals surface area contributed by atoms with Gasteiger partial charge in [0.05, 0.1) is 10.7 Å². The van der Waals surface area contributed by atoms with Crippen LogP contribution >= 0.6 is 11.6 Å². The first kappa shape index (κ1) is 26.4. The zero-order valence-electron chi connectivity index (χ0n) is 22.7. The highest BCUT2D eigenvalue weighted by Crippen LogP contribution is 2.43. The van der Waals surface area contributed by atoms with Gasteiger partial charge in [0.25, 0.3) is 5.56 Å². The van der Waals surface area contributed by atoms with Crippen LogP contribution in [0.25, 0.3) is 27.9 Å². The molecule has 2 N–H and O–H groups in total. The van der Waals surface area contributed by atoms with Gasteiger partial charge in [-0.3, -0.25) is 9.36 Å². The van der Waals surface area contributed by atoms with Gasteiger partial charge in [-0.2, -0.15) is 0 Å². The number of anilines is 1. The molecule has 1 spiro atoms. The highest BCUT2D eigenvalue weighted by atomic mass is 35.5. The summed E-state index contributed by atoms with van der Waals surface area (Å²) in [6.07, 6.45) is 8.06. The lowest BCUT2D eigenvalue weighted by molar-refractivity contribution is 0.418. The van der Waals surface area contributed by atoms with Crippen molar-refractivity contribution >= 4 is 17.3 Å². The Balaban J connectivity index is 1.44. The Hall–Kier alpha value is -3.82. The summed E-state index contributed by atoms with van der Waals surface area (Å²) < 4.78 is 19.5. The van der Waals surface area contributed by atoms with E-state index in [0.717, 1.165) is 38.9 Å². The van der Waals surface area contributed by atoms with Crippen LogP contribution in [0.3, 0.4) is 0 Å². The number of aryl methyl sites for hydroxylation is 2. The minimum atomic E-state index is -0.535. The summed E-state index contributed by atoms with van der Waals surface area (Å²) in [5.41, 5.74) is 3.03. The van der Waals surface area contributed by atoms with Crippen LogP contribution in [0.1, 0.15) is 24.8 Å². The molecule has 4 aromatic rings. The first-order chi connectivity index (χ1) is 19.1. The number of hydrogen-bond donors (Lipinski definition) is 2. The number of phenolic OH excluding ortho intramolecular Hbond substituents is 1. The van der Waals surface area contributed by atoms with Gasteiger partial charge in [0.15, 0.2) is 0 Å². The van der Waals surface area contributed by atoms with E-state index in [9.17, 15) is 14.7 Å². The predicted molar refractivity (Wildman–Crippen MR) is 155 cm³/mol. The number of phenols is 1. The van der Waals surface area contributed by atoms with Crippen LogP contribution in [0.15, 0.2) is 58.5 Å². The number of nitrogens with one attached hydrogen (secondary N) is 1. The van der Waals surface area contributed by atoms with Gasteiger partial charge in [0, 0.05) is 68.0 Å². The Kier molecular flexibility index (Phi) is 6.39. The molecule has 10 heteroatoms. The van der Waals surface area contributed by atoms with Crippen molar-refractivity contribution in [1.29, 1.82) is 0 Å². The Morgan fingerprint density at radius 3 is 2.48 bits per heavy atom. The summed E-state index contributed by atoms with van der Waals surface area (Å²) in [4.78, 5) is 27.9. The molecule has 2 aromatic carbocycles. The highest BCUT2D eigenvalue weighted by molar-refractivity contribution is 6.32. The smallest absolute Gasteiger partial charge is 0.332 e. The van der Waals surface area contributed by atoms with Crippen molar-refractivity contribution in [3.05, 3.63) is 86.2 Å². The maximum atomic E-state index is 15.1. The third-order valence-electron chi connectivity index (χ3n) is 8.44. The summed E-state index contributed by atoms with van der Waals surface area (Å²) in [5.74, 6) is -0.655. The van der Waals surface area contributed by atoms with Crippen molar-refractivity contribution in [2.45, 2.75) is 31.7 Å². The summed E-state index contributed by atoms with van der Waals surface area (Å²) >= 11 is 6.56. The number of aromatic nitrogens is 3. The SMILES string of the molecule is Cc1c(-c2cc(F)cc(-c3ccc(-n4ccn(C)c4=O)c(Cl)c3)c2O)cn(C)c(=O)c1N1CCC2(CCCN2)C1. The van der Waals surface area contributed by atoms with Crippen LogP contribution in [0.2, 0.25) is 5.02 Å². The summed E-state index contributed by atoms with van der Waals surface area (Å²) in [6.45, 7) is 4.33. The van der Waals surface area contributed by atoms with E-state index in [2.05, 4.69) is 10.2 Å². The Morgan fingerprint density at radius 1 is 1.02 bits per heavy atom. The molecule has 2 aliphatic rings. The van der Waals surface area contributed by atoms with E-state index in [1.807, 2.05) is 6.92 Å². The van der Waals surface area contributed by atoms with E-state index in [4.69, 9.17) is 11.6 Å². The third kappa shape index (κ3) is 4.24. The molecule has 0 radical (unpaired) electrons. The largest absolute Gasteiger partial charge is 0.507 e. The van der Waals surface area contributed by atoms with Crippen LogP contribution in [-0.4, -0.2) is 44.0 Å². The molecule has 0 amide bonds. The molecule has 0 aliphatic carbocycles. The number of aromatic hydroxyl groups is 1. The normalized spacial score (nSPS) is 18.8. The molecule has 8 nitrogen and oxygen atoms in total. The Bertz CT molecular complexity index is 1770. The minimum absolute atomic E-state index is 0.0257. The fraction of sp³-hybridized carbons (Fsp3) is 0.333. The molecule has 0 bridgehead atoms. The summed E-state index contributed by atoms with van der Waals surface area (Å²) in [5, 5.41) is 15.4. The van der Waals surface area contributed by atoms with E-state index in [0.29, 0.717) is 28.1 Å². The van der Waals surface area contributed by atoms with E-state index in [1.165, 1.54) is 25.8 Å². The number of pyridine rings is 1. The number of nitrogens with zero attached hydrogens (tertiary/aromatic N) is 4. The van der Waals surface area contributed by atoms with E-state index < -0.39 is 5.82 Å². The van der Waals surface area contributed by atoms with Gasteiger partial charge in [-0.1, -0.05) is 17.7 Å². The monoisotopic (exact) mass is 563 g/mol. The zero-order valence-corrected chi connectivity index (χ0v) is 23.4. The number of hydrogen-bond acceptors (Lipinski definition) is 5. The van der Waals surface area contributed by atoms with Gasteiger partial charge >= 0.3 is 5.69 Å². The molecule has 0 saturated carbocycles. The minimum Gasteiger partial charge on any atom is -0.507 e. The maximum absolute atomic E-state index is 15.1. The molecule has 2 fully saturated rings. The average molecular weight is 564 g/mol. The van der Waals surface area contributed by atoms with Crippen LogP contribution < -0.4 is 21.5 Å². The zero-order chi connectivity index (χ0) is 28.3. The average Bonchev–Trinajstić information content (AvgIpc) is 3.65. The lowest BCUT2D eigenvalue weighted by Crippen LogP contribution is -2.43. The molecule has 1 unspecified atom stereocenters. The van der Waals surface area contributed by atoms with Crippen molar-refractivity contribution in [2.24, 2.45) is 14.1 Å². The van der Waals surface area contributed by atoms with Gasteiger partial charge in [0.2, 0.25) is 0 Å². The van der Waals surface area contributed by atoms with Crippen LogP contribution in [0.4, 0.5) is 10.1 Å². The number of rotatable bonds is 4. The molecule has 2 aliphatic heterocycles. The second kappa shape index (κ2) is 9.67. The fourth-order valence-electron chi connectivity index (χ4n) is 6.27. The van der Waals surface area contributed by atoms with E-state index >= 15 is 4.39 Å². The lowest BCUT2D eigenvalue weighted by Gasteiger charge is -2.27. The predicted octanol–water partition coefficient (Wildman–Crippen LogP) is 4.35. The van der Waals surface area contributed by atoms with Gasteiger partial charge in [-0.15, -0.1) is 0 Å². The van der Waals surface area contributed by atoms with Gasteiger partial charge in [-0.05, 0) is 68.1 Å². The van der Waals surface area contributed by atoms with E-state index in [1.54, 1.807) is 50.9 Å². The van der Waals surface area contributed by atoms with Gasteiger partial charge in [-0.25, -0.2) is 9.18 Å². The molecule has 40 heavy (non-hydrogen) atoms. The summed E-state index contributed by atoms with van der Waals surface area (Å²) in [6, 6.07) is 7.51. The molecule has 208 valence electrons. The number of benzene rings is 2. The molecule has 1 atom stereocenters. The standard InChI is InChI=1S/C30H31ClFN5O3/c1-18-23(16-35(3)28(39)26(18)36-10-8-30(17-36)7-4-9-33-30)22-15-20(32)14-21(27(22)38)19-5-6-25(24(31)13-19)37-12-11-34(2)29(37)40/h5-6,11-16,33,38H,4,7-10,17H2,1-3H3.